The Hall–Kier alpha value is -3.16. The first-order valence-electron chi connectivity index (χ1n) is 7.62. The molecule has 0 saturated heterocycles. The third-order valence-corrected chi connectivity index (χ3v) is 4.42. The van der Waals surface area contributed by atoms with Gasteiger partial charge in [-0.05, 0) is 25.1 Å². The number of guanidine groups is 1. The highest BCUT2D eigenvalue weighted by molar-refractivity contribution is 6.08. The summed E-state index contributed by atoms with van der Waals surface area (Å²) in [7, 11) is 3.29. The van der Waals surface area contributed by atoms with Gasteiger partial charge in [0.15, 0.2) is 5.96 Å². The summed E-state index contributed by atoms with van der Waals surface area (Å²) in [6.07, 6.45) is 1.65. The molecule has 0 bridgehead atoms. The topological polar surface area (TPSA) is 88.5 Å². The maximum atomic E-state index is 14.6. The van der Waals surface area contributed by atoms with Crippen LogP contribution in [0.15, 0.2) is 47.6 Å². The van der Waals surface area contributed by atoms with Gasteiger partial charge in [0.2, 0.25) is 0 Å². The first kappa shape index (κ1) is 16.7. The molecule has 0 radical (unpaired) electrons. The van der Waals surface area contributed by atoms with E-state index in [-0.39, 0.29) is 23.0 Å². The van der Waals surface area contributed by atoms with Gasteiger partial charge in [0.05, 0.1) is 6.20 Å². The number of nitrogens with two attached hydrogens (primary N) is 1. The molecule has 1 aliphatic heterocycles. The summed E-state index contributed by atoms with van der Waals surface area (Å²) in [5.41, 5.74) is 5.55. The smallest absolute Gasteiger partial charge is 0.258 e. The van der Waals surface area contributed by atoms with E-state index in [4.69, 9.17) is 5.73 Å². The number of likely N-dealkylation sites (N-methyl/N-ethyl adjacent to an activating group) is 1. The molecular weight excluding hydrogens is 323 g/mol. The van der Waals surface area contributed by atoms with Crippen molar-refractivity contribution in [3.8, 4) is 0 Å². The third-order valence-electron chi connectivity index (χ3n) is 4.42. The largest absolute Gasteiger partial charge is 0.369 e. The van der Waals surface area contributed by atoms with Crippen molar-refractivity contribution >= 4 is 23.4 Å². The van der Waals surface area contributed by atoms with Crippen molar-refractivity contribution in [1.29, 1.82) is 0 Å². The van der Waals surface area contributed by atoms with Gasteiger partial charge in [0, 0.05) is 37.0 Å². The Morgan fingerprint density at radius 2 is 2.04 bits per heavy atom. The van der Waals surface area contributed by atoms with E-state index in [0.717, 1.165) is 5.82 Å². The Kier molecular flexibility index (Phi) is 3.82. The van der Waals surface area contributed by atoms with Crippen LogP contribution in [-0.2, 0) is 17.4 Å². The van der Waals surface area contributed by atoms with E-state index >= 15 is 0 Å². The Balaban J connectivity index is 2.07. The molecular formula is C17H19FN6O. The average Bonchev–Trinajstić information content (AvgIpc) is 2.98. The lowest BCUT2D eigenvalue weighted by Gasteiger charge is -2.35. The number of aryl methyl sites for hydroxylation is 1. The molecule has 25 heavy (non-hydrogen) atoms. The van der Waals surface area contributed by atoms with Crippen molar-refractivity contribution in [2.24, 2.45) is 17.8 Å². The van der Waals surface area contributed by atoms with Crippen LogP contribution in [0.4, 0.5) is 15.9 Å². The monoisotopic (exact) mass is 342 g/mol. The number of anilines is 2. The Morgan fingerprint density at radius 1 is 1.32 bits per heavy atom. The normalized spacial score (nSPS) is 20.6. The number of hydrogen-bond acceptors (Lipinski definition) is 5. The first-order chi connectivity index (χ1) is 11.7. The van der Waals surface area contributed by atoms with Crippen LogP contribution >= 0.6 is 0 Å². The molecule has 130 valence electrons. The van der Waals surface area contributed by atoms with Crippen molar-refractivity contribution in [2.45, 2.75) is 12.5 Å². The summed E-state index contributed by atoms with van der Waals surface area (Å²) in [6, 6.07) is 6.31. The highest BCUT2D eigenvalue weighted by Gasteiger charge is 2.41. The molecule has 1 amide bonds. The molecule has 0 unspecified atom stereocenters. The molecule has 0 aliphatic carbocycles. The van der Waals surface area contributed by atoms with Gasteiger partial charge in [-0.2, -0.15) is 5.10 Å². The summed E-state index contributed by atoms with van der Waals surface area (Å²) < 4.78 is 16.2. The van der Waals surface area contributed by atoms with Gasteiger partial charge in [-0.3, -0.25) is 14.4 Å². The molecule has 1 aromatic heterocycles. The lowest BCUT2D eigenvalue weighted by atomic mass is 9.83. The number of aliphatic imine (C=N–C) groups is 1. The summed E-state index contributed by atoms with van der Waals surface area (Å²) in [6.45, 7) is 5.44. The van der Waals surface area contributed by atoms with Crippen molar-refractivity contribution in [1.82, 2.24) is 14.7 Å². The minimum atomic E-state index is -1.28. The van der Waals surface area contributed by atoms with Crippen molar-refractivity contribution in [3.63, 3.8) is 0 Å². The molecule has 3 rings (SSSR count). The SMILES string of the molecule is C=C1C(=O)N(C)C(N)=N[C@]1(C)c1cc(Nc2ccnn2C)ccc1F. The van der Waals surface area contributed by atoms with Crippen LogP contribution in [0.2, 0.25) is 0 Å². The van der Waals surface area contributed by atoms with Gasteiger partial charge in [-0.1, -0.05) is 6.58 Å². The van der Waals surface area contributed by atoms with E-state index in [9.17, 15) is 9.18 Å². The molecule has 1 atom stereocenters. The fourth-order valence-electron chi connectivity index (χ4n) is 2.73. The number of nitrogens with zero attached hydrogens (tertiary/aromatic N) is 4. The molecule has 2 aromatic rings. The van der Waals surface area contributed by atoms with Crippen LogP contribution in [-0.4, -0.2) is 33.6 Å². The lowest BCUT2D eigenvalue weighted by Crippen LogP contribution is -2.49. The van der Waals surface area contributed by atoms with Crippen molar-refractivity contribution in [3.05, 3.63) is 54.0 Å². The molecule has 0 spiro atoms. The molecule has 0 saturated carbocycles. The van der Waals surface area contributed by atoms with Crippen LogP contribution in [0.1, 0.15) is 12.5 Å². The highest BCUT2D eigenvalue weighted by Crippen LogP contribution is 2.39. The second kappa shape index (κ2) is 5.73. The van der Waals surface area contributed by atoms with Crippen molar-refractivity contribution in [2.75, 3.05) is 12.4 Å². The quantitative estimate of drug-likeness (QED) is 0.834. The zero-order chi connectivity index (χ0) is 18.4. The van der Waals surface area contributed by atoms with E-state index in [2.05, 4.69) is 22.0 Å². The van der Waals surface area contributed by atoms with Gasteiger partial charge in [0.1, 0.15) is 17.2 Å². The second-order valence-electron chi connectivity index (χ2n) is 6.04. The summed E-state index contributed by atoms with van der Waals surface area (Å²) in [4.78, 5) is 17.9. The predicted octanol–water partition coefficient (Wildman–Crippen LogP) is 1.86. The number of halogens is 1. The van der Waals surface area contributed by atoms with Gasteiger partial charge < -0.3 is 11.1 Å². The van der Waals surface area contributed by atoms with Gasteiger partial charge in [-0.15, -0.1) is 0 Å². The van der Waals surface area contributed by atoms with Crippen LogP contribution in [0.25, 0.3) is 0 Å². The van der Waals surface area contributed by atoms with Crippen LogP contribution in [0.5, 0.6) is 0 Å². The summed E-state index contributed by atoms with van der Waals surface area (Å²) >= 11 is 0. The standard InChI is InChI=1S/C17H19FN6O/c1-10-15(25)23(3)16(19)22-17(10,2)12-9-11(5-6-13(12)18)21-14-7-8-20-24(14)4/h5-9,21H,1H2,2-4H3,(H2,19,22)/t17-/m0/s1. The minimum absolute atomic E-state index is 0.0179. The first-order valence-corrected chi connectivity index (χ1v) is 7.62. The highest BCUT2D eigenvalue weighted by atomic mass is 19.1. The van der Waals surface area contributed by atoms with Crippen molar-refractivity contribution < 1.29 is 9.18 Å². The van der Waals surface area contributed by atoms with E-state index in [1.807, 2.05) is 0 Å². The minimum Gasteiger partial charge on any atom is -0.369 e. The maximum absolute atomic E-state index is 14.6. The Labute approximate surface area is 144 Å². The zero-order valence-corrected chi connectivity index (χ0v) is 14.2. The fourth-order valence-corrected chi connectivity index (χ4v) is 2.73. The van der Waals surface area contributed by atoms with E-state index in [0.29, 0.717) is 5.69 Å². The Bertz CT molecular complexity index is 902. The summed E-state index contributed by atoms with van der Waals surface area (Å²) in [5, 5.41) is 7.23. The number of aromatic nitrogens is 2. The van der Waals surface area contributed by atoms with Crippen LogP contribution in [0, 0.1) is 5.82 Å². The van der Waals surface area contributed by atoms with E-state index < -0.39 is 11.4 Å². The third kappa shape index (κ3) is 2.65. The molecule has 3 N–H and O–H groups in total. The number of carbonyl (C=O) groups excluding carboxylic acids is 1. The van der Waals surface area contributed by atoms with Gasteiger partial charge in [-0.25, -0.2) is 9.38 Å². The molecule has 1 aliphatic rings. The number of hydrogen-bond donors (Lipinski definition) is 2. The number of carbonyl (C=O) groups is 1. The van der Waals surface area contributed by atoms with Gasteiger partial charge >= 0.3 is 0 Å². The fraction of sp³-hybridized carbons (Fsp3) is 0.235. The van der Waals surface area contributed by atoms with Gasteiger partial charge in [0.25, 0.3) is 5.91 Å². The lowest BCUT2D eigenvalue weighted by molar-refractivity contribution is -0.123. The number of benzene rings is 1. The van der Waals surface area contributed by atoms with E-state index in [1.54, 1.807) is 43.0 Å². The molecule has 1 aromatic carbocycles. The van der Waals surface area contributed by atoms with Crippen LogP contribution in [0.3, 0.4) is 0 Å². The maximum Gasteiger partial charge on any atom is 0.258 e. The molecule has 0 fully saturated rings. The number of rotatable bonds is 3. The van der Waals surface area contributed by atoms with E-state index in [1.165, 1.54) is 18.0 Å². The Morgan fingerprint density at radius 3 is 2.68 bits per heavy atom. The summed E-state index contributed by atoms with van der Waals surface area (Å²) in [5.74, 6) is -0.124. The number of amides is 1. The zero-order valence-electron chi connectivity index (χ0n) is 14.2. The van der Waals surface area contributed by atoms with Crippen LogP contribution < -0.4 is 11.1 Å². The predicted molar refractivity (Wildman–Crippen MR) is 93.8 cm³/mol. The number of nitrogens with one attached hydrogen (secondary N) is 1. The molecule has 7 nitrogen and oxygen atoms in total. The molecule has 8 heteroatoms. The second-order valence-corrected chi connectivity index (χ2v) is 6.04. The molecule has 2 heterocycles. The average molecular weight is 342 g/mol.